The smallest absolute Gasteiger partial charge is 0.277 e. The molecule has 0 spiro atoms. The third kappa shape index (κ3) is 3.88. The van der Waals surface area contributed by atoms with Crippen LogP contribution in [0.15, 0.2) is 60.3 Å². The Morgan fingerprint density at radius 1 is 0.875 bits per heavy atom. The number of halogens is 1. The second kappa shape index (κ2) is 8.74. The van der Waals surface area contributed by atoms with E-state index >= 15 is 0 Å². The van der Waals surface area contributed by atoms with Crippen molar-refractivity contribution in [2.24, 2.45) is 0 Å². The molecule has 2 aromatic carbocycles. The standard InChI is InChI=1S/C25H26FN3O3/c26-19-10-8-18(9-11-19)22-23(25(31)29(24(22)30)17-21-7-4-16-32-21)28-14-12-27(13-15-28)20-5-2-1-3-6-20/h1-3,5-6,8-11,21H,4,7,12-17H2. The Bertz CT molecular complexity index is 1020. The van der Waals surface area contributed by atoms with Crippen LogP contribution in [0.2, 0.25) is 0 Å². The van der Waals surface area contributed by atoms with Crippen LogP contribution in [0.1, 0.15) is 18.4 Å². The zero-order valence-electron chi connectivity index (χ0n) is 17.9. The van der Waals surface area contributed by atoms with E-state index in [1.54, 1.807) is 12.1 Å². The molecule has 3 heterocycles. The predicted molar refractivity (Wildman–Crippen MR) is 119 cm³/mol. The largest absolute Gasteiger partial charge is 0.376 e. The molecule has 0 saturated carbocycles. The van der Waals surface area contributed by atoms with Gasteiger partial charge in [0.05, 0.1) is 18.2 Å². The van der Waals surface area contributed by atoms with Gasteiger partial charge in [-0.1, -0.05) is 30.3 Å². The summed E-state index contributed by atoms with van der Waals surface area (Å²) in [5, 5.41) is 0. The molecule has 0 N–H and O–H groups in total. The van der Waals surface area contributed by atoms with Crippen LogP contribution in [0.25, 0.3) is 5.57 Å². The van der Waals surface area contributed by atoms with Crippen molar-refractivity contribution in [1.82, 2.24) is 9.80 Å². The van der Waals surface area contributed by atoms with Crippen LogP contribution in [0.5, 0.6) is 0 Å². The topological polar surface area (TPSA) is 53.1 Å². The molecule has 0 aromatic heterocycles. The van der Waals surface area contributed by atoms with E-state index in [4.69, 9.17) is 4.74 Å². The Kier molecular flexibility index (Phi) is 5.66. The first-order valence-electron chi connectivity index (χ1n) is 11.1. The average Bonchev–Trinajstić information content (AvgIpc) is 3.43. The number of carbonyl (C=O) groups is 2. The van der Waals surface area contributed by atoms with Gasteiger partial charge in [0.15, 0.2) is 0 Å². The lowest BCUT2D eigenvalue weighted by Crippen LogP contribution is -2.48. The number of benzene rings is 2. The second-order valence-electron chi connectivity index (χ2n) is 8.40. The van der Waals surface area contributed by atoms with E-state index in [2.05, 4.69) is 17.0 Å². The maximum absolute atomic E-state index is 13.5. The number of anilines is 1. The highest BCUT2D eigenvalue weighted by molar-refractivity contribution is 6.35. The van der Waals surface area contributed by atoms with Crippen LogP contribution in [-0.4, -0.2) is 67.0 Å². The van der Waals surface area contributed by atoms with Crippen molar-refractivity contribution < 1.29 is 18.7 Å². The lowest BCUT2D eigenvalue weighted by atomic mass is 10.0. The number of imide groups is 1. The third-order valence-electron chi connectivity index (χ3n) is 6.40. The molecule has 2 saturated heterocycles. The van der Waals surface area contributed by atoms with E-state index in [0.29, 0.717) is 36.5 Å². The Hall–Kier alpha value is -3.19. The van der Waals surface area contributed by atoms with Crippen LogP contribution in [-0.2, 0) is 14.3 Å². The fraction of sp³-hybridized carbons (Fsp3) is 0.360. The van der Waals surface area contributed by atoms with Crippen molar-refractivity contribution in [3.05, 3.63) is 71.7 Å². The quantitative estimate of drug-likeness (QED) is 0.676. The van der Waals surface area contributed by atoms with E-state index in [9.17, 15) is 14.0 Å². The summed E-state index contributed by atoms with van der Waals surface area (Å²) >= 11 is 0. The maximum atomic E-state index is 13.5. The van der Waals surface area contributed by atoms with Crippen LogP contribution >= 0.6 is 0 Å². The summed E-state index contributed by atoms with van der Waals surface area (Å²) < 4.78 is 19.2. The van der Waals surface area contributed by atoms with Crippen molar-refractivity contribution in [1.29, 1.82) is 0 Å². The first-order chi connectivity index (χ1) is 15.6. The Balaban J connectivity index is 1.43. The van der Waals surface area contributed by atoms with Gasteiger partial charge in [-0.05, 0) is 42.7 Å². The fourth-order valence-corrected chi connectivity index (χ4v) is 4.72. The number of piperazine rings is 1. The number of hydrogen-bond donors (Lipinski definition) is 0. The van der Waals surface area contributed by atoms with Gasteiger partial charge in [0.1, 0.15) is 11.5 Å². The molecule has 2 aromatic rings. The molecule has 0 radical (unpaired) electrons. The number of nitrogens with zero attached hydrogens (tertiary/aromatic N) is 3. The number of amides is 2. The fourth-order valence-electron chi connectivity index (χ4n) is 4.72. The van der Waals surface area contributed by atoms with Gasteiger partial charge in [0.2, 0.25) is 0 Å². The van der Waals surface area contributed by atoms with Crippen LogP contribution < -0.4 is 4.90 Å². The summed E-state index contributed by atoms with van der Waals surface area (Å²) in [4.78, 5) is 32.5. The monoisotopic (exact) mass is 435 g/mol. The predicted octanol–water partition coefficient (Wildman–Crippen LogP) is 2.91. The minimum Gasteiger partial charge on any atom is -0.376 e. The van der Waals surface area contributed by atoms with E-state index in [1.165, 1.54) is 17.0 Å². The summed E-state index contributed by atoms with van der Waals surface area (Å²) in [6, 6.07) is 16.0. The van der Waals surface area contributed by atoms with E-state index < -0.39 is 0 Å². The Morgan fingerprint density at radius 3 is 2.22 bits per heavy atom. The molecule has 1 unspecified atom stereocenters. The summed E-state index contributed by atoms with van der Waals surface area (Å²) in [5.74, 6) is -0.976. The lowest BCUT2D eigenvalue weighted by molar-refractivity contribution is -0.139. The number of carbonyl (C=O) groups excluding carboxylic acids is 2. The van der Waals surface area contributed by atoms with Gasteiger partial charge in [-0.3, -0.25) is 14.5 Å². The van der Waals surface area contributed by atoms with Crippen molar-refractivity contribution in [3.63, 3.8) is 0 Å². The normalized spacial score (nSPS) is 21.8. The first-order valence-corrected chi connectivity index (χ1v) is 11.1. The molecule has 2 amide bonds. The molecular weight excluding hydrogens is 409 g/mol. The molecule has 3 aliphatic rings. The van der Waals surface area contributed by atoms with Gasteiger partial charge in [-0.15, -0.1) is 0 Å². The molecule has 0 aliphatic carbocycles. The summed E-state index contributed by atoms with van der Waals surface area (Å²) in [5.41, 5.74) is 2.50. The number of para-hydroxylation sites is 1. The third-order valence-corrected chi connectivity index (χ3v) is 6.40. The molecule has 32 heavy (non-hydrogen) atoms. The minimum atomic E-state index is -0.375. The van der Waals surface area contributed by atoms with E-state index in [0.717, 1.165) is 31.6 Å². The molecule has 1 atom stereocenters. The number of rotatable bonds is 5. The van der Waals surface area contributed by atoms with E-state index in [1.807, 2.05) is 23.1 Å². The highest BCUT2D eigenvalue weighted by Gasteiger charge is 2.43. The zero-order valence-corrected chi connectivity index (χ0v) is 17.9. The highest BCUT2D eigenvalue weighted by Crippen LogP contribution is 2.33. The number of hydrogen-bond acceptors (Lipinski definition) is 5. The molecule has 0 bridgehead atoms. The highest BCUT2D eigenvalue weighted by atomic mass is 19.1. The molecular formula is C25H26FN3O3. The van der Waals surface area contributed by atoms with Gasteiger partial charge in [0, 0.05) is 38.5 Å². The second-order valence-corrected chi connectivity index (χ2v) is 8.40. The Labute approximate surface area is 186 Å². The van der Waals surface area contributed by atoms with Crippen LogP contribution in [0, 0.1) is 5.82 Å². The van der Waals surface area contributed by atoms with Gasteiger partial charge in [-0.2, -0.15) is 0 Å². The van der Waals surface area contributed by atoms with Crippen LogP contribution in [0.3, 0.4) is 0 Å². The van der Waals surface area contributed by atoms with Crippen LogP contribution in [0.4, 0.5) is 10.1 Å². The molecule has 2 fully saturated rings. The molecule has 3 aliphatic heterocycles. The van der Waals surface area contributed by atoms with Gasteiger partial charge < -0.3 is 14.5 Å². The minimum absolute atomic E-state index is 0.119. The first kappa shape index (κ1) is 20.7. The van der Waals surface area contributed by atoms with Crippen molar-refractivity contribution in [3.8, 4) is 0 Å². The number of ether oxygens (including phenoxy) is 1. The molecule has 5 rings (SSSR count). The van der Waals surface area contributed by atoms with Gasteiger partial charge >= 0.3 is 0 Å². The zero-order chi connectivity index (χ0) is 22.1. The van der Waals surface area contributed by atoms with Crippen molar-refractivity contribution in [2.75, 3.05) is 44.2 Å². The molecule has 6 nitrogen and oxygen atoms in total. The van der Waals surface area contributed by atoms with Crippen molar-refractivity contribution in [2.45, 2.75) is 18.9 Å². The summed E-state index contributed by atoms with van der Waals surface area (Å²) in [6.07, 6.45) is 1.66. The Morgan fingerprint density at radius 2 is 1.56 bits per heavy atom. The average molecular weight is 435 g/mol. The van der Waals surface area contributed by atoms with E-state index in [-0.39, 0.29) is 30.3 Å². The SMILES string of the molecule is O=C1C(c2ccc(F)cc2)=C(N2CCN(c3ccccc3)CC2)C(=O)N1CC1CCCO1. The summed E-state index contributed by atoms with van der Waals surface area (Å²) in [6.45, 7) is 3.67. The maximum Gasteiger partial charge on any atom is 0.277 e. The summed E-state index contributed by atoms with van der Waals surface area (Å²) in [7, 11) is 0. The lowest BCUT2D eigenvalue weighted by Gasteiger charge is -2.37. The molecule has 166 valence electrons. The van der Waals surface area contributed by atoms with Gasteiger partial charge in [-0.25, -0.2) is 4.39 Å². The van der Waals surface area contributed by atoms with Gasteiger partial charge in [0.25, 0.3) is 11.8 Å². The molecule has 7 heteroatoms. The van der Waals surface area contributed by atoms with Crippen molar-refractivity contribution >= 4 is 23.1 Å².